The van der Waals surface area contributed by atoms with Crippen LogP contribution in [0.25, 0.3) is 0 Å². The number of nitrogens with zero attached hydrogens (tertiary/aromatic N) is 1. The summed E-state index contributed by atoms with van der Waals surface area (Å²) in [5.41, 5.74) is 1.85. The Balaban J connectivity index is 1.73. The molecule has 0 atom stereocenters. The predicted molar refractivity (Wildman–Crippen MR) is 102 cm³/mol. The summed E-state index contributed by atoms with van der Waals surface area (Å²) in [6.07, 6.45) is 2.70. The predicted octanol–water partition coefficient (Wildman–Crippen LogP) is 4.34. The van der Waals surface area contributed by atoms with Gasteiger partial charge in [0.25, 0.3) is 0 Å². The first-order chi connectivity index (χ1) is 12.8. The second-order valence-corrected chi connectivity index (χ2v) is 8.12. The van der Waals surface area contributed by atoms with Crippen molar-refractivity contribution in [3.8, 4) is 11.5 Å². The van der Waals surface area contributed by atoms with Crippen LogP contribution in [-0.4, -0.2) is 19.7 Å². The maximum atomic E-state index is 13.0. The van der Waals surface area contributed by atoms with Crippen molar-refractivity contribution in [2.75, 3.05) is 11.6 Å². The van der Waals surface area contributed by atoms with Crippen LogP contribution < -0.4 is 10.1 Å². The van der Waals surface area contributed by atoms with Gasteiger partial charge in [-0.15, -0.1) is 0 Å². The lowest BCUT2D eigenvalue weighted by molar-refractivity contribution is 0.476. The zero-order chi connectivity index (χ0) is 19.4. The van der Waals surface area contributed by atoms with Gasteiger partial charge in [-0.25, -0.2) is 17.8 Å². The van der Waals surface area contributed by atoms with E-state index in [0.717, 1.165) is 17.4 Å². The van der Waals surface area contributed by atoms with E-state index in [0.29, 0.717) is 23.9 Å². The highest BCUT2D eigenvalue weighted by Crippen LogP contribution is 2.26. The Hall–Kier alpha value is -2.93. The van der Waals surface area contributed by atoms with E-state index < -0.39 is 9.84 Å². The van der Waals surface area contributed by atoms with E-state index in [9.17, 15) is 12.8 Å². The second kappa shape index (κ2) is 7.75. The lowest BCUT2D eigenvalue weighted by Gasteiger charge is -2.12. The molecule has 0 saturated carbocycles. The van der Waals surface area contributed by atoms with E-state index >= 15 is 0 Å². The van der Waals surface area contributed by atoms with Crippen molar-refractivity contribution in [3.05, 3.63) is 77.7 Å². The first-order valence-electron chi connectivity index (χ1n) is 8.25. The Morgan fingerprint density at radius 2 is 1.85 bits per heavy atom. The third-order valence-electron chi connectivity index (χ3n) is 3.91. The smallest absolute Gasteiger partial charge is 0.179 e. The molecule has 0 unspecified atom stereocenters. The van der Waals surface area contributed by atoms with Crippen LogP contribution in [0.1, 0.15) is 11.1 Å². The van der Waals surface area contributed by atoms with Crippen LogP contribution in [0.2, 0.25) is 0 Å². The standard InChI is InChI=1S/C20H19FN2O3S/c1-14-12-15(5-10-18(14)26-17-8-6-16(21)7-9-17)13-23-20-19(27(2,24)25)4-3-11-22-20/h3-12H,13H2,1-2H3,(H,22,23). The summed E-state index contributed by atoms with van der Waals surface area (Å²) < 4.78 is 42.4. The van der Waals surface area contributed by atoms with Crippen LogP contribution >= 0.6 is 0 Å². The van der Waals surface area contributed by atoms with Gasteiger partial charge < -0.3 is 10.1 Å². The molecule has 3 rings (SSSR count). The molecule has 3 aromatic rings. The minimum atomic E-state index is -3.36. The molecule has 7 heteroatoms. The number of sulfone groups is 1. The second-order valence-electron chi connectivity index (χ2n) is 6.13. The van der Waals surface area contributed by atoms with E-state index in [2.05, 4.69) is 10.3 Å². The molecule has 0 saturated heterocycles. The molecule has 1 aromatic heterocycles. The molecule has 0 fully saturated rings. The highest BCUT2D eigenvalue weighted by molar-refractivity contribution is 7.90. The van der Waals surface area contributed by atoms with Gasteiger partial charge in [0.05, 0.1) is 0 Å². The van der Waals surface area contributed by atoms with Crippen molar-refractivity contribution in [2.45, 2.75) is 18.4 Å². The van der Waals surface area contributed by atoms with Gasteiger partial charge in [0, 0.05) is 19.0 Å². The number of hydrogen-bond donors (Lipinski definition) is 1. The fraction of sp³-hybridized carbons (Fsp3) is 0.150. The van der Waals surface area contributed by atoms with Gasteiger partial charge in [0.1, 0.15) is 28.0 Å². The number of nitrogens with one attached hydrogen (secondary N) is 1. The number of aromatic nitrogens is 1. The van der Waals surface area contributed by atoms with Gasteiger partial charge in [-0.1, -0.05) is 12.1 Å². The first kappa shape index (κ1) is 18.8. The summed E-state index contributed by atoms with van der Waals surface area (Å²) in [6.45, 7) is 2.32. The number of anilines is 1. The number of benzene rings is 2. The van der Waals surface area contributed by atoms with Crippen molar-refractivity contribution in [1.29, 1.82) is 0 Å². The number of aryl methyl sites for hydroxylation is 1. The topological polar surface area (TPSA) is 68.3 Å². The fourth-order valence-electron chi connectivity index (χ4n) is 2.57. The maximum Gasteiger partial charge on any atom is 0.179 e. The Morgan fingerprint density at radius 3 is 2.52 bits per heavy atom. The average Bonchev–Trinajstić information content (AvgIpc) is 2.63. The van der Waals surface area contributed by atoms with E-state index in [1.165, 1.54) is 18.2 Å². The molecular weight excluding hydrogens is 367 g/mol. The molecule has 0 amide bonds. The molecule has 140 valence electrons. The molecule has 0 aliphatic heterocycles. The highest BCUT2D eigenvalue weighted by atomic mass is 32.2. The fourth-order valence-corrected chi connectivity index (χ4v) is 3.38. The normalized spacial score (nSPS) is 11.2. The van der Waals surface area contributed by atoms with Gasteiger partial charge in [-0.3, -0.25) is 0 Å². The Morgan fingerprint density at radius 1 is 1.11 bits per heavy atom. The number of pyridine rings is 1. The van der Waals surface area contributed by atoms with Crippen LogP contribution in [0.4, 0.5) is 10.2 Å². The minimum absolute atomic E-state index is 0.165. The van der Waals surface area contributed by atoms with E-state index in [4.69, 9.17) is 4.74 Å². The molecule has 0 bridgehead atoms. The van der Waals surface area contributed by atoms with Crippen molar-refractivity contribution < 1.29 is 17.5 Å². The third kappa shape index (κ3) is 4.83. The minimum Gasteiger partial charge on any atom is -0.457 e. The van der Waals surface area contributed by atoms with Gasteiger partial charge in [0.2, 0.25) is 0 Å². The lowest BCUT2D eigenvalue weighted by Crippen LogP contribution is -2.08. The molecule has 5 nitrogen and oxygen atoms in total. The number of ether oxygens (including phenoxy) is 1. The van der Waals surface area contributed by atoms with Crippen LogP contribution in [0.15, 0.2) is 65.7 Å². The molecule has 2 aromatic carbocycles. The first-order valence-corrected chi connectivity index (χ1v) is 10.1. The van der Waals surface area contributed by atoms with Gasteiger partial charge in [0.15, 0.2) is 9.84 Å². The maximum absolute atomic E-state index is 13.0. The number of rotatable bonds is 6. The summed E-state index contributed by atoms with van der Waals surface area (Å²) in [7, 11) is -3.36. The van der Waals surface area contributed by atoms with Crippen molar-refractivity contribution in [2.24, 2.45) is 0 Å². The van der Waals surface area contributed by atoms with Crippen LogP contribution in [-0.2, 0) is 16.4 Å². The molecule has 0 radical (unpaired) electrons. The Kier molecular flexibility index (Phi) is 5.41. The van der Waals surface area contributed by atoms with E-state index in [1.54, 1.807) is 24.4 Å². The summed E-state index contributed by atoms with van der Waals surface area (Å²) in [4.78, 5) is 4.28. The summed E-state index contributed by atoms with van der Waals surface area (Å²) >= 11 is 0. The Bertz CT molecular complexity index is 1050. The van der Waals surface area contributed by atoms with E-state index in [1.807, 2.05) is 25.1 Å². The average molecular weight is 386 g/mol. The molecule has 1 N–H and O–H groups in total. The SMILES string of the molecule is Cc1cc(CNc2ncccc2S(C)(=O)=O)ccc1Oc1ccc(F)cc1. The van der Waals surface area contributed by atoms with E-state index in [-0.39, 0.29) is 10.7 Å². The van der Waals surface area contributed by atoms with Gasteiger partial charge >= 0.3 is 0 Å². The van der Waals surface area contributed by atoms with Crippen LogP contribution in [0.5, 0.6) is 11.5 Å². The molecule has 0 spiro atoms. The summed E-state index contributed by atoms with van der Waals surface area (Å²) in [6, 6.07) is 14.6. The quantitative estimate of drug-likeness (QED) is 0.683. The summed E-state index contributed by atoms with van der Waals surface area (Å²) in [5.74, 6) is 1.23. The molecule has 0 aliphatic rings. The Labute approximate surface area is 157 Å². The van der Waals surface area contributed by atoms with Crippen LogP contribution in [0.3, 0.4) is 0 Å². The number of halogens is 1. The zero-order valence-electron chi connectivity index (χ0n) is 14.9. The molecule has 1 heterocycles. The molecule has 27 heavy (non-hydrogen) atoms. The third-order valence-corrected chi connectivity index (χ3v) is 5.04. The lowest BCUT2D eigenvalue weighted by atomic mass is 10.1. The molecular formula is C20H19FN2O3S. The van der Waals surface area contributed by atoms with Gasteiger partial charge in [-0.2, -0.15) is 0 Å². The molecule has 0 aliphatic carbocycles. The van der Waals surface area contributed by atoms with Crippen molar-refractivity contribution >= 4 is 15.7 Å². The van der Waals surface area contributed by atoms with Gasteiger partial charge in [-0.05, 0) is 60.5 Å². The summed E-state index contributed by atoms with van der Waals surface area (Å²) in [5, 5.41) is 3.07. The highest BCUT2D eigenvalue weighted by Gasteiger charge is 2.13. The van der Waals surface area contributed by atoms with Crippen molar-refractivity contribution in [1.82, 2.24) is 4.98 Å². The van der Waals surface area contributed by atoms with Crippen molar-refractivity contribution in [3.63, 3.8) is 0 Å². The monoisotopic (exact) mass is 386 g/mol. The zero-order valence-corrected chi connectivity index (χ0v) is 15.8. The largest absolute Gasteiger partial charge is 0.457 e. The van der Waals surface area contributed by atoms with Crippen LogP contribution in [0, 0.1) is 12.7 Å². The number of hydrogen-bond acceptors (Lipinski definition) is 5.